The average Bonchev–Trinajstić information content (AvgIpc) is 2.26. The molecule has 0 aliphatic rings. The first-order valence-corrected chi connectivity index (χ1v) is 5.44. The molecule has 1 heterocycles. The van der Waals surface area contributed by atoms with Crippen molar-refractivity contribution in [2.45, 2.75) is 26.8 Å². The lowest BCUT2D eigenvalue weighted by Gasteiger charge is -2.20. The molecule has 1 atom stereocenters. The summed E-state index contributed by atoms with van der Waals surface area (Å²) in [7, 11) is 0. The highest BCUT2D eigenvalue weighted by Crippen LogP contribution is 2.24. The van der Waals surface area contributed by atoms with E-state index in [1.807, 2.05) is 13.8 Å². The largest absolute Gasteiger partial charge is 0.394 e. The van der Waals surface area contributed by atoms with Gasteiger partial charge in [-0.1, -0.05) is 13.8 Å². The molecule has 1 unspecified atom stereocenters. The molecule has 0 bridgehead atoms. The summed E-state index contributed by atoms with van der Waals surface area (Å²) < 4.78 is 0. The van der Waals surface area contributed by atoms with Gasteiger partial charge in [-0.25, -0.2) is 4.98 Å². The molecule has 6 nitrogen and oxygen atoms in total. The molecular weight excluding hydrogens is 222 g/mol. The zero-order valence-electron chi connectivity index (χ0n) is 10.2. The van der Waals surface area contributed by atoms with E-state index in [-0.39, 0.29) is 30.1 Å². The third-order valence-corrected chi connectivity index (χ3v) is 2.52. The third-order valence-electron chi connectivity index (χ3n) is 2.52. The standard InChI is InChI=1S/C11H17N3O3/c1-7(2)9(6-15)13-11-10(14(16)17)4-8(3)5-12-11/h4-5,7,9,15H,6H2,1-3H3,(H,12,13). The maximum atomic E-state index is 10.9. The van der Waals surface area contributed by atoms with Gasteiger partial charge in [0, 0.05) is 12.3 Å². The van der Waals surface area contributed by atoms with Gasteiger partial charge < -0.3 is 10.4 Å². The van der Waals surface area contributed by atoms with Gasteiger partial charge in [-0.2, -0.15) is 0 Å². The van der Waals surface area contributed by atoms with Crippen LogP contribution in [0, 0.1) is 23.0 Å². The van der Waals surface area contributed by atoms with E-state index in [0.717, 1.165) is 5.56 Å². The van der Waals surface area contributed by atoms with Crippen LogP contribution in [-0.4, -0.2) is 27.7 Å². The van der Waals surface area contributed by atoms with Gasteiger partial charge in [0.05, 0.1) is 17.6 Å². The number of aromatic nitrogens is 1. The highest BCUT2D eigenvalue weighted by Gasteiger charge is 2.20. The van der Waals surface area contributed by atoms with Gasteiger partial charge in [-0.3, -0.25) is 10.1 Å². The Labute approximate surface area is 99.8 Å². The molecule has 0 amide bonds. The molecule has 0 aromatic carbocycles. The second-order valence-corrected chi connectivity index (χ2v) is 4.31. The fourth-order valence-electron chi connectivity index (χ4n) is 1.40. The Hall–Kier alpha value is -1.69. The molecule has 0 aliphatic carbocycles. The number of anilines is 1. The van der Waals surface area contributed by atoms with Gasteiger partial charge in [0.15, 0.2) is 0 Å². The molecule has 6 heteroatoms. The van der Waals surface area contributed by atoms with Crippen molar-refractivity contribution in [3.63, 3.8) is 0 Å². The maximum absolute atomic E-state index is 10.9. The zero-order chi connectivity index (χ0) is 13.0. The highest BCUT2D eigenvalue weighted by molar-refractivity contribution is 5.57. The average molecular weight is 239 g/mol. The lowest BCUT2D eigenvalue weighted by molar-refractivity contribution is -0.384. The van der Waals surface area contributed by atoms with E-state index in [4.69, 9.17) is 0 Å². The Kier molecular flexibility index (Phi) is 4.39. The van der Waals surface area contributed by atoms with E-state index in [0.29, 0.717) is 0 Å². The molecule has 0 spiro atoms. The minimum Gasteiger partial charge on any atom is -0.394 e. The van der Waals surface area contributed by atoms with Crippen LogP contribution in [-0.2, 0) is 0 Å². The second-order valence-electron chi connectivity index (χ2n) is 4.31. The molecule has 94 valence electrons. The summed E-state index contributed by atoms with van der Waals surface area (Å²) in [5.74, 6) is 0.357. The van der Waals surface area contributed by atoms with Crippen LogP contribution in [0.5, 0.6) is 0 Å². The summed E-state index contributed by atoms with van der Waals surface area (Å²) in [4.78, 5) is 14.4. The van der Waals surface area contributed by atoms with Crippen molar-refractivity contribution >= 4 is 11.5 Å². The molecule has 0 radical (unpaired) electrons. The fourth-order valence-corrected chi connectivity index (χ4v) is 1.40. The number of aliphatic hydroxyl groups excluding tert-OH is 1. The lowest BCUT2D eigenvalue weighted by atomic mass is 10.1. The molecule has 0 saturated carbocycles. The molecule has 2 N–H and O–H groups in total. The number of rotatable bonds is 5. The Morgan fingerprint density at radius 1 is 1.59 bits per heavy atom. The van der Waals surface area contributed by atoms with Crippen molar-refractivity contribution in [3.05, 3.63) is 27.9 Å². The molecular formula is C11H17N3O3. The Morgan fingerprint density at radius 2 is 2.24 bits per heavy atom. The summed E-state index contributed by atoms with van der Waals surface area (Å²) in [5, 5.41) is 23.0. The van der Waals surface area contributed by atoms with Crippen LogP contribution in [0.2, 0.25) is 0 Å². The summed E-state index contributed by atoms with van der Waals surface area (Å²) in [6, 6.07) is 1.22. The van der Waals surface area contributed by atoms with E-state index in [9.17, 15) is 15.2 Å². The van der Waals surface area contributed by atoms with Crippen molar-refractivity contribution in [1.29, 1.82) is 0 Å². The minimum atomic E-state index is -0.475. The summed E-state index contributed by atoms with van der Waals surface area (Å²) in [6.07, 6.45) is 1.56. The van der Waals surface area contributed by atoms with E-state index < -0.39 is 4.92 Å². The van der Waals surface area contributed by atoms with Crippen molar-refractivity contribution in [2.75, 3.05) is 11.9 Å². The normalized spacial score (nSPS) is 12.5. The van der Waals surface area contributed by atoms with Crippen molar-refractivity contribution in [2.24, 2.45) is 5.92 Å². The van der Waals surface area contributed by atoms with Gasteiger partial charge in [0.1, 0.15) is 0 Å². The molecule has 0 saturated heterocycles. The number of pyridine rings is 1. The van der Waals surface area contributed by atoms with Crippen molar-refractivity contribution in [3.8, 4) is 0 Å². The Morgan fingerprint density at radius 3 is 2.71 bits per heavy atom. The molecule has 1 aromatic heterocycles. The van der Waals surface area contributed by atoms with E-state index in [1.54, 1.807) is 13.1 Å². The van der Waals surface area contributed by atoms with Crippen LogP contribution < -0.4 is 5.32 Å². The quantitative estimate of drug-likeness (QED) is 0.603. The number of nitrogens with zero attached hydrogens (tertiary/aromatic N) is 2. The van der Waals surface area contributed by atoms with Crippen LogP contribution in [0.15, 0.2) is 12.3 Å². The van der Waals surface area contributed by atoms with Crippen molar-refractivity contribution < 1.29 is 10.0 Å². The molecule has 1 aromatic rings. The topological polar surface area (TPSA) is 88.3 Å². The van der Waals surface area contributed by atoms with Gasteiger partial charge in [-0.15, -0.1) is 0 Å². The van der Waals surface area contributed by atoms with Gasteiger partial charge >= 0.3 is 5.69 Å². The highest BCUT2D eigenvalue weighted by atomic mass is 16.6. The van der Waals surface area contributed by atoms with E-state index in [2.05, 4.69) is 10.3 Å². The first-order valence-electron chi connectivity index (χ1n) is 5.44. The smallest absolute Gasteiger partial charge is 0.311 e. The van der Waals surface area contributed by atoms with Gasteiger partial charge in [0.25, 0.3) is 0 Å². The number of aryl methyl sites for hydroxylation is 1. The number of hydrogen-bond acceptors (Lipinski definition) is 5. The molecule has 17 heavy (non-hydrogen) atoms. The van der Waals surface area contributed by atoms with Crippen LogP contribution in [0.1, 0.15) is 19.4 Å². The third kappa shape index (κ3) is 3.39. The Bertz CT molecular complexity index is 407. The summed E-state index contributed by atoms with van der Waals surface area (Å²) in [6.45, 7) is 5.50. The first-order chi connectivity index (χ1) is 7.95. The number of nitro groups is 1. The lowest BCUT2D eigenvalue weighted by Crippen LogP contribution is -2.30. The monoisotopic (exact) mass is 239 g/mol. The zero-order valence-corrected chi connectivity index (χ0v) is 10.2. The van der Waals surface area contributed by atoms with Gasteiger partial charge in [-0.05, 0) is 18.4 Å². The number of hydrogen-bond donors (Lipinski definition) is 2. The SMILES string of the molecule is Cc1cnc(NC(CO)C(C)C)c([N+](=O)[O-])c1. The van der Waals surface area contributed by atoms with Crippen LogP contribution in [0.25, 0.3) is 0 Å². The number of nitrogens with one attached hydrogen (secondary N) is 1. The summed E-state index contributed by atoms with van der Waals surface area (Å²) in [5.41, 5.74) is 0.663. The van der Waals surface area contributed by atoms with E-state index in [1.165, 1.54) is 6.07 Å². The van der Waals surface area contributed by atoms with Gasteiger partial charge in [0.2, 0.25) is 5.82 Å². The molecule has 1 rings (SSSR count). The van der Waals surface area contributed by atoms with Crippen LogP contribution in [0.4, 0.5) is 11.5 Å². The minimum absolute atomic E-state index is 0.0656. The predicted octanol–water partition coefficient (Wildman–Crippen LogP) is 1.73. The number of aliphatic hydroxyl groups is 1. The first kappa shape index (κ1) is 13.4. The van der Waals surface area contributed by atoms with Crippen LogP contribution >= 0.6 is 0 Å². The summed E-state index contributed by atoms with van der Waals surface area (Å²) >= 11 is 0. The maximum Gasteiger partial charge on any atom is 0.311 e. The van der Waals surface area contributed by atoms with Crippen LogP contribution in [0.3, 0.4) is 0 Å². The fraction of sp³-hybridized carbons (Fsp3) is 0.545. The molecule has 0 aliphatic heterocycles. The Balaban J connectivity index is 3.01. The predicted molar refractivity (Wildman–Crippen MR) is 65.0 cm³/mol. The van der Waals surface area contributed by atoms with E-state index >= 15 is 0 Å². The second kappa shape index (κ2) is 5.58. The van der Waals surface area contributed by atoms with Crippen molar-refractivity contribution in [1.82, 2.24) is 4.98 Å². The molecule has 0 fully saturated rings.